The van der Waals surface area contributed by atoms with Crippen molar-refractivity contribution in [2.45, 2.75) is 65.7 Å². The van der Waals surface area contributed by atoms with Crippen LogP contribution < -0.4 is 0 Å². The van der Waals surface area contributed by atoms with Crippen LogP contribution in [-0.2, 0) is 20.7 Å². The van der Waals surface area contributed by atoms with Crippen molar-refractivity contribution in [3.05, 3.63) is 17.0 Å². The Balaban J connectivity index is 1.68. The third-order valence-corrected chi connectivity index (χ3v) is 5.46. The number of ether oxygens (including phenoxy) is 2. The van der Waals surface area contributed by atoms with Crippen molar-refractivity contribution >= 4 is 5.97 Å². The number of carbonyl (C=O) groups is 1. The van der Waals surface area contributed by atoms with Crippen molar-refractivity contribution in [1.82, 2.24) is 9.78 Å². The maximum atomic E-state index is 12.9. The summed E-state index contributed by atoms with van der Waals surface area (Å²) in [6.07, 6.45) is 1.89. The second-order valence-corrected chi connectivity index (χ2v) is 7.38. The maximum absolute atomic E-state index is 12.9. The first-order valence-corrected chi connectivity index (χ1v) is 8.37. The number of hydrogen-bond donors (Lipinski definition) is 0. The lowest BCUT2D eigenvalue weighted by Gasteiger charge is -2.58. The molecule has 2 fully saturated rings. The van der Waals surface area contributed by atoms with Crippen molar-refractivity contribution < 1.29 is 23.0 Å². The van der Waals surface area contributed by atoms with Crippen molar-refractivity contribution in [2.75, 3.05) is 6.61 Å². The predicted octanol–water partition coefficient (Wildman–Crippen LogP) is 3.18. The topological polar surface area (TPSA) is 53.4 Å². The molecule has 1 aliphatic heterocycles. The molecule has 1 aliphatic carbocycles. The molecule has 2 aliphatic rings. The smallest absolute Gasteiger partial charge is 0.333 e. The molecule has 1 aromatic heterocycles. The molecule has 3 rings (SSSR count). The van der Waals surface area contributed by atoms with Gasteiger partial charge >= 0.3 is 12.5 Å². The van der Waals surface area contributed by atoms with Crippen LogP contribution in [0.1, 0.15) is 50.2 Å². The highest BCUT2D eigenvalue weighted by molar-refractivity contribution is 5.73. The van der Waals surface area contributed by atoms with Gasteiger partial charge in [-0.25, -0.2) is 4.68 Å². The molecule has 1 saturated heterocycles. The van der Waals surface area contributed by atoms with E-state index in [1.54, 1.807) is 13.8 Å². The fraction of sp³-hybridized carbons (Fsp3) is 0.765. The number of hydrogen-bond acceptors (Lipinski definition) is 4. The molecule has 3 unspecified atom stereocenters. The predicted molar refractivity (Wildman–Crippen MR) is 82.8 cm³/mol. The Morgan fingerprint density at radius 3 is 2.79 bits per heavy atom. The van der Waals surface area contributed by atoms with E-state index in [-0.39, 0.29) is 30.0 Å². The fourth-order valence-electron chi connectivity index (χ4n) is 4.19. The Labute approximate surface area is 140 Å². The van der Waals surface area contributed by atoms with Gasteiger partial charge in [-0.2, -0.15) is 13.9 Å². The van der Waals surface area contributed by atoms with E-state index in [2.05, 4.69) is 5.10 Å². The average molecular weight is 342 g/mol. The molecule has 0 bridgehead atoms. The van der Waals surface area contributed by atoms with Crippen LogP contribution in [0.5, 0.6) is 0 Å². The Hall–Kier alpha value is -1.50. The van der Waals surface area contributed by atoms with E-state index in [4.69, 9.17) is 9.47 Å². The Morgan fingerprint density at radius 2 is 2.17 bits per heavy atom. The van der Waals surface area contributed by atoms with Crippen molar-refractivity contribution in [2.24, 2.45) is 11.3 Å². The normalized spacial score (nSPS) is 28.4. The van der Waals surface area contributed by atoms with Crippen molar-refractivity contribution in [1.29, 1.82) is 0 Å². The molecule has 3 atom stereocenters. The minimum absolute atomic E-state index is 0.0325. The van der Waals surface area contributed by atoms with E-state index in [1.807, 2.05) is 13.8 Å². The summed E-state index contributed by atoms with van der Waals surface area (Å²) in [5.74, 6) is -0.152. The molecule has 2 heterocycles. The molecule has 7 heteroatoms. The average Bonchev–Trinajstić information content (AvgIpc) is 2.81. The molecule has 1 aromatic rings. The quantitative estimate of drug-likeness (QED) is 0.789. The van der Waals surface area contributed by atoms with Crippen LogP contribution in [-0.4, -0.2) is 34.6 Å². The standard InChI is InChI=1S/C17H24F2N2O3/c1-9-12(10(2)21(20-9)16(18)19)8-13(22)24-15-11-6-5-7-23-14(11)17(15,3)4/h11,14-16H,5-8H2,1-4H3. The molecule has 0 amide bonds. The van der Waals surface area contributed by atoms with Crippen LogP contribution in [0.2, 0.25) is 0 Å². The van der Waals surface area contributed by atoms with Gasteiger partial charge in [0.2, 0.25) is 0 Å². The summed E-state index contributed by atoms with van der Waals surface area (Å²) >= 11 is 0. The number of alkyl halides is 2. The minimum Gasteiger partial charge on any atom is -0.461 e. The van der Waals surface area contributed by atoms with Gasteiger partial charge in [-0.3, -0.25) is 4.79 Å². The number of nitrogens with zero attached hydrogens (tertiary/aromatic N) is 2. The number of halogens is 2. The zero-order valence-corrected chi connectivity index (χ0v) is 14.5. The number of carbonyl (C=O) groups excluding carboxylic acids is 1. The van der Waals surface area contributed by atoms with Gasteiger partial charge in [0.15, 0.2) is 0 Å². The SMILES string of the molecule is Cc1nn(C(F)F)c(C)c1CC(=O)OC1C2CCCOC2C1(C)C. The van der Waals surface area contributed by atoms with Crippen molar-refractivity contribution in [3.63, 3.8) is 0 Å². The highest BCUT2D eigenvalue weighted by Crippen LogP contribution is 2.53. The van der Waals surface area contributed by atoms with Crippen LogP contribution in [0.3, 0.4) is 0 Å². The first-order chi connectivity index (χ1) is 11.2. The van der Waals surface area contributed by atoms with Gasteiger partial charge in [0.05, 0.1) is 18.2 Å². The Morgan fingerprint density at radius 1 is 1.46 bits per heavy atom. The molecule has 5 nitrogen and oxygen atoms in total. The van der Waals surface area contributed by atoms with E-state index in [0.717, 1.165) is 19.4 Å². The first-order valence-electron chi connectivity index (χ1n) is 8.37. The number of aryl methyl sites for hydroxylation is 1. The summed E-state index contributed by atoms with van der Waals surface area (Å²) in [5.41, 5.74) is 1.06. The molecule has 0 N–H and O–H groups in total. The number of aromatic nitrogens is 2. The molecule has 134 valence electrons. The van der Waals surface area contributed by atoms with Gasteiger partial charge in [-0.05, 0) is 26.7 Å². The summed E-state index contributed by atoms with van der Waals surface area (Å²) in [6, 6.07) is 0. The molecule has 1 saturated carbocycles. The zero-order chi connectivity index (χ0) is 17.6. The molecular formula is C17H24F2N2O3. The van der Waals surface area contributed by atoms with Crippen LogP contribution in [0.4, 0.5) is 8.78 Å². The number of esters is 1. The van der Waals surface area contributed by atoms with Crippen LogP contribution in [0.15, 0.2) is 0 Å². The number of fused-ring (bicyclic) bond motifs is 1. The third kappa shape index (κ3) is 2.72. The Bertz CT molecular complexity index is 642. The summed E-state index contributed by atoms with van der Waals surface area (Å²) in [5, 5.41) is 3.81. The van der Waals surface area contributed by atoms with E-state index < -0.39 is 12.5 Å². The van der Waals surface area contributed by atoms with Gasteiger partial charge in [0, 0.05) is 29.2 Å². The molecule has 0 radical (unpaired) electrons. The van der Waals surface area contributed by atoms with Crippen LogP contribution in [0, 0.1) is 25.2 Å². The van der Waals surface area contributed by atoms with Crippen LogP contribution in [0.25, 0.3) is 0 Å². The van der Waals surface area contributed by atoms with E-state index in [9.17, 15) is 13.6 Å². The van der Waals surface area contributed by atoms with Crippen molar-refractivity contribution in [3.8, 4) is 0 Å². The largest absolute Gasteiger partial charge is 0.461 e. The maximum Gasteiger partial charge on any atom is 0.333 e. The van der Waals surface area contributed by atoms with Gasteiger partial charge in [0.1, 0.15) is 6.10 Å². The highest BCUT2D eigenvalue weighted by Gasteiger charge is 2.60. The van der Waals surface area contributed by atoms with Gasteiger partial charge in [-0.15, -0.1) is 0 Å². The lowest BCUT2D eigenvalue weighted by Crippen LogP contribution is -2.65. The summed E-state index contributed by atoms with van der Waals surface area (Å²) in [4.78, 5) is 12.4. The number of rotatable bonds is 4. The van der Waals surface area contributed by atoms with Gasteiger partial charge in [0.25, 0.3) is 0 Å². The van der Waals surface area contributed by atoms with E-state index in [0.29, 0.717) is 21.6 Å². The lowest BCUT2D eigenvalue weighted by atomic mass is 9.57. The Kier molecular flexibility index (Phi) is 4.40. The van der Waals surface area contributed by atoms with E-state index in [1.165, 1.54) is 0 Å². The van der Waals surface area contributed by atoms with E-state index >= 15 is 0 Å². The summed E-state index contributed by atoms with van der Waals surface area (Å²) in [6.45, 7) is 5.32. The fourth-order valence-corrected chi connectivity index (χ4v) is 4.19. The molecule has 0 aromatic carbocycles. The molecular weight excluding hydrogens is 318 g/mol. The van der Waals surface area contributed by atoms with Gasteiger partial charge < -0.3 is 9.47 Å². The highest BCUT2D eigenvalue weighted by atomic mass is 19.3. The second kappa shape index (κ2) is 6.10. The first kappa shape index (κ1) is 17.3. The zero-order valence-electron chi connectivity index (χ0n) is 14.5. The monoisotopic (exact) mass is 342 g/mol. The molecule has 0 spiro atoms. The second-order valence-electron chi connectivity index (χ2n) is 7.38. The van der Waals surface area contributed by atoms with Crippen LogP contribution >= 0.6 is 0 Å². The molecule has 24 heavy (non-hydrogen) atoms. The summed E-state index contributed by atoms with van der Waals surface area (Å²) < 4.78 is 37.9. The van der Waals surface area contributed by atoms with Gasteiger partial charge in [-0.1, -0.05) is 13.8 Å². The third-order valence-electron chi connectivity index (χ3n) is 5.46. The lowest BCUT2D eigenvalue weighted by molar-refractivity contribution is -0.254. The minimum atomic E-state index is -2.71. The summed E-state index contributed by atoms with van der Waals surface area (Å²) in [7, 11) is 0.